The summed E-state index contributed by atoms with van der Waals surface area (Å²) in [5.41, 5.74) is 3.27. The molecule has 0 bridgehead atoms. The fourth-order valence-electron chi connectivity index (χ4n) is 2.75. The summed E-state index contributed by atoms with van der Waals surface area (Å²) in [5, 5.41) is 13.7. The number of rotatable bonds is 6. The van der Waals surface area contributed by atoms with E-state index in [9.17, 15) is 0 Å². The van der Waals surface area contributed by atoms with Gasteiger partial charge in [0.25, 0.3) is 0 Å². The Morgan fingerprint density at radius 2 is 1.81 bits per heavy atom. The zero-order valence-corrected chi connectivity index (χ0v) is 17.1. The molecule has 0 aliphatic heterocycles. The molecule has 0 unspecified atom stereocenters. The lowest BCUT2D eigenvalue weighted by molar-refractivity contribution is 0.847. The Morgan fingerprint density at radius 3 is 2.52 bits per heavy atom. The minimum atomic E-state index is 0.712. The number of thiazole rings is 1. The molecular formula is C20H17ClN4S2. The topological polar surface area (TPSA) is 43.6 Å². The van der Waals surface area contributed by atoms with Crippen LogP contribution in [0.15, 0.2) is 65.1 Å². The summed E-state index contributed by atoms with van der Waals surface area (Å²) in [6.45, 7) is 2.02. The van der Waals surface area contributed by atoms with Gasteiger partial charge in [0, 0.05) is 28.3 Å². The maximum absolute atomic E-state index is 6.07. The molecule has 4 nitrogen and oxygen atoms in total. The van der Waals surface area contributed by atoms with Crippen molar-refractivity contribution in [2.75, 3.05) is 0 Å². The standard InChI is InChI=1S/C20H17ClN4S2/c1-14-22-17(12-26-14)13-27-20-24-23-19(11-15-5-3-2-4-6-15)25(20)18-9-7-16(21)8-10-18/h2-10,12H,11,13H2,1H3. The van der Waals surface area contributed by atoms with Crippen molar-refractivity contribution in [3.8, 4) is 5.69 Å². The molecule has 0 amide bonds. The van der Waals surface area contributed by atoms with Crippen LogP contribution in [-0.4, -0.2) is 19.7 Å². The second-order valence-electron chi connectivity index (χ2n) is 6.02. The molecule has 4 rings (SSSR count). The summed E-state index contributed by atoms with van der Waals surface area (Å²) in [5.74, 6) is 1.67. The summed E-state index contributed by atoms with van der Waals surface area (Å²) in [7, 11) is 0. The first-order chi connectivity index (χ1) is 13.2. The summed E-state index contributed by atoms with van der Waals surface area (Å²) >= 11 is 9.38. The number of hydrogen-bond acceptors (Lipinski definition) is 5. The first-order valence-corrected chi connectivity index (χ1v) is 10.7. The van der Waals surface area contributed by atoms with E-state index in [0.29, 0.717) is 11.4 Å². The Balaban J connectivity index is 1.66. The number of aryl methyl sites for hydroxylation is 1. The van der Waals surface area contributed by atoms with Crippen LogP contribution in [-0.2, 0) is 12.2 Å². The number of benzene rings is 2. The lowest BCUT2D eigenvalue weighted by atomic mass is 10.1. The first kappa shape index (κ1) is 18.2. The number of aromatic nitrogens is 4. The average Bonchev–Trinajstić information content (AvgIpc) is 3.28. The van der Waals surface area contributed by atoms with E-state index >= 15 is 0 Å². The van der Waals surface area contributed by atoms with Crippen LogP contribution in [0.3, 0.4) is 0 Å². The van der Waals surface area contributed by atoms with Crippen LogP contribution >= 0.6 is 34.7 Å². The molecule has 2 aromatic carbocycles. The predicted molar refractivity (Wildman–Crippen MR) is 112 cm³/mol. The van der Waals surface area contributed by atoms with E-state index in [4.69, 9.17) is 11.6 Å². The fourth-order valence-corrected chi connectivity index (χ4v) is 4.46. The van der Waals surface area contributed by atoms with Gasteiger partial charge in [0.1, 0.15) is 5.82 Å². The molecule has 0 aliphatic rings. The van der Waals surface area contributed by atoms with Crippen molar-refractivity contribution in [3.63, 3.8) is 0 Å². The van der Waals surface area contributed by atoms with Crippen LogP contribution < -0.4 is 0 Å². The second-order valence-corrected chi connectivity index (χ2v) is 8.46. The Morgan fingerprint density at radius 1 is 1.04 bits per heavy atom. The molecule has 0 spiro atoms. The molecule has 0 fully saturated rings. The molecule has 7 heteroatoms. The van der Waals surface area contributed by atoms with Gasteiger partial charge in [0.2, 0.25) is 0 Å². The first-order valence-electron chi connectivity index (χ1n) is 8.47. The van der Waals surface area contributed by atoms with Crippen LogP contribution in [0.1, 0.15) is 22.1 Å². The van der Waals surface area contributed by atoms with E-state index in [0.717, 1.165) is 33.1 Å². The smallest absolute Gasteiger partial charge is 0.196 e. The molecule has 0 atom stereocenters. The molecular weight excluding hydrogens is 396 g/mol. The highest BCUT2D eigenvalue weighted by atomic mass is 35.5. The third kappa shape index (κ3) is 4.40. The van der Waals surface area contributed by atoms with E-state index in [1.165, 1.54) is 5.56 Å². The lowest BCUT2D eigenvalue weighted by Crippen LogP contribution is -2.04. The van der Waals surface area contributed by atoms with Gasteiger partial charge in [-0.1, -0.05) is 53.7 Å². The van der Waals surface area contributed by atoms with Crippen LogP contribution in [0.5, 0.6) is 0 Å². The third-order valence-corrected chi connectivity index (χ3v) is 6.04. The Hall–Kier alpha value is -2.15. The van der Waals surface area contributed by atoms with E-state index < -0.39 is 0 Å². The highest BCUT2D eigenvalue weighted by molar-refractivity contribution is 7.98. The Labute approximate surface area is 171 Å². The van der Waals surface area contributed by atoms with Crippen LogP contribution in [0, 0.1) is 6.92 Å². The third-order valence-electron chi connectivity index (χ3n) is 4.01. The minimum Gasteiger partial charge on any atom is -0.274 e. The van der Waals surface area contributed by atoms with Crippen LogP contribution in [0.2, 0.25) is 5.02 Å². The number of hydrogen-bond donors (Lipinski definition) is 0. The van der Waals surface area contributed by atoms with Crippen molar-refractivity contribution in [1.29, 1.82) is 0 Å². The van der Waals surface area contributed by atoms with Gasteiger partial charge in [-0.3, -0.25) is 4.57 Å². The SMILES string of the molecule is Cc1nc(CSc2nnc(Cc3ccccc3)n2-c2ccc(Cl)cc2)cs1. The van der Waals surface area contributed by atoms with Crippen molar-refractivity contribution in [2.45, 2.75) is 24.3 Å². The summed E-state index contributed by atoms with van der Waals surface area (Å²) in [6.07, 6.45) is 0.715. The largest absolute Gasteiger partial charge is 0.274 e. The van der Waals surface area contributed by atoms with E-state index in [1.807, 2.05) is 49.4 Å². The maximum atomic E-state index is 6.07. The van der Waals surface area contributed by atoms with Gasteiger partial charge in [-0.15, -0.1) is 21.5 Å². The van der Waals surface area contributed by atoms with Gasteiger partial charge in [-0.25, -0.2) is 4.98 Å². The van der Waals surface area contributed by atoms with Gasteiger partial charge in [-0.05, 0) is 36.8 Å². The molecule has 0 saturated carbocycles. The normalized spacial score (nSPS) is 11.0. The molecule has 0 radical (unpaired) electrons. The second kappa shape index (κ2) is 8.25. The van der Waals surface area contributed by atoms with Crippen LogP contribution in [0.25, 0.3) is 5.69 Å². The predicted octanol–water partition coefficient (Wildman–Crippen LogP) is 5.57. The van der Waals surface area contributed by atoms with Gasteiger partial charge < -0.3 is 0 Å². The van der Waals surface area contributed by atoms with Gasteiger partial charge in [0.05, 0.1) is 10.7 Å². The van der Waals surface area contributed by atoms with Gasteiger partial charge in [0.15, 0.2) is 5.16 Å². The molecule has 27 heavy (non-hydrogen) atoms. The highest BCUT2D eigenvalue weighted by Crippen LogP contribution is 2.27. The minimum absolute atomic E-state index is 0.712. The number of thioether (sulfide) groups is 1. The van der Waals surface area contributed by atoms with Crippen LogP contribution in [0.4, 0.5) is 0 Å². The maximum Gasteiger partial charge on any atom is 0.196 e. The molecule has 136 valence electrons. The van der Waals surface area contributed by atoms with Gasteiger partial charge >= 0.3 is 0 Å². The zero-order valence-electron chi connectivity index (χ0n) is 14.7. The van der Waals surface area contributed by atoms with Crippen molar-refractivity contribution < 1.29 is 0 Å². The summed E-state index contributed by atoms with van der Waals surface area (Å²) in [6, 6.07) is 18.1. The van der Waals surface area contributed by atoms with Crippen molar-refractivity contribution in [3.05, 3.63) is 87.1 Å². The quantitative estimate of drug-likeness (QED) is 0.388. The monoisotopic (exact) mass is 412 g/mol. The van der Waals surface area contributed by atoms with Gasteiger partial charge in [-0.2, -0.15) is 0 Å². The summed E-state index contributed by atoms with van der Waals surface area (Å²) < 4.78 is 2.10. The highest BCUT2D eigenvalue weighted by Gasteiger charge is 2.15. The van der Waals surface area contributed by atoms with Crippen molar-refractivity contribution in [2.24, 2.45) is 0 Å². The molecule has 2 heterocycles. The van der Waals surface area contributed by atoms with E-state index in [-0.39, 0.29) is 0 Å². The molecule has 4 aromatic rings. The molecule has 0 saturated heterocycles. The molecule has 0 N–H and O–H groups in total. The van der Waals surface area contributed by atoms with Crippen molar-refractivity contribution >= 4 is 34.7 Å². The number of nitrogens with zero attached hydrogens (tertiary/aromatic N) is 4. The zero-order chi connectivity index (χ0) is 18.6. The van der Waals surface area contributed by atoms with E-state index in [2.05, 4.69) is 37.3 Å². The average molecular weight is 413 g/mol. The lowest BCUT2D eigenvalue weighted by Gasteiger charge is -2.10. The number of halogens is 1. The van der Waals surface area contributed by atoms with E-state index in [1.54, 1.807) is 23.1 Å². The summed E-state index contributed by atoms with van der Waals surface area (Å²) in [4.78, 5) is 4.54. The molecule has 0 aliphatic carbocycles. The fraction of sp³-hybridized carbons (Fsp3) is 0.150. The van der Waals surface area contributed by atoms with Crippen molar-refractivity contribution in [1.82, 2.24) is 19.7 Å². The Kier molecular flexibility index (Phi) is 5.57. The molecule has 2 aromatic heterocycles. The Bertz CT molecular complexity index is 1030.